The molecule has 0 aliphatic heterocycles. The summed E-state index contributed by atoms with van der Waals surface area (Å²) in [6.45, 7) is 13.2. The van der Waals surface area contributed by atoms with Crippen molar-refractivity contribution in [2.24, 2.45) is 11.3 Å². The van der Waals surface area contributed by atoms with Crippen molar-refractivity contribution in [3.63, 3.8) is 0 Å². The second-order valence-electron chi connectivity index (χ2n) is 4.79. The molecule has 0 amide bonds. The highest BCUT2D eigenvalue weighted by atomic mass is 14.3. The Morgan fingerprint density at radius 2 is 2.08 bits per heavy atom. The summed E-state index contributed by atoms with van der Waals surface area (Å²) in [5.74, 6) is 0.700. The van der Waals surface area contributed by atoms with Gasteiger partial charge in [0.05, 0.1) is 0 Å². The van der Waals surface area contributed by atoms with Crippen LogP contribution in [0.25, 0.3) is 0 Å². The second-order valence-corrected chi connectivity index (χ2v) is 4.79. The molecule has 12 heavy (non-hydrogen) atoms. The van der Waals surface area contributed by atoms with Crippen molar-refractivity contribution in [1.82, 2.24) is 0 Å². The minimum atomic E-state index is 0.461. The van der Waals surface area contributed by atoms with Crippen LogP contribution in [0.15, 0.2) is 23.8 Å². The zero-order chi connectivity index (χ0) is 9.35. The zero-order valence-corrected chi connectivity index (χ0v) is 8.78. The maximum atomic E-state index is 4.14. The molecular formula is C12H20. The first-order chi connectivity index (χ1) is 5.46. The molecule has 68 valence electrons. The van der Waals surface area contributed by atoms with Gasteiger partial charge in [-0.2, -0.15) is 0 Å². The van der Waals surface area contributed by atoms with Crippen LogP contribution >= 0.6 is 0 Å². The Balaban J connectivity index is 2.85. The van der Waals surface area contributed by atoms with Gasteiger partial charge in [-0.3, -0.25) is 0 Å². The Morgan fingerprint density at radius 3 is 2.50 bits per heavy atom. The van der Waals surface area contributed by atoms with Gasteiger partial charge in [0.25, 0.3) is 0 Å². The van der Waals surface area contributed by atoms with E-state index in [1.54, 1.807) is 0 Å². The summed E-state index contributed by atoms with van der Waals surface area (Å²) in [5, 5.41) is 0. The third kappa shape index (κ3) is 1.80. The van der Waals surface area contributed by atoms with Gasteiger partial charge in [-0.15, -0.1) is 0 Å². The van der Waals surface area contributed by atoms with Crippen LogP contribution < -0.4 is 0 Å². The van der Waals surface area contributed by atoms with E-state index >= 15 is 0 Å². The first kappa shape index (κ1) is 9.57. The van der Waals surface area contributed by atoms with E-state index in [1.165, 1.54) is 17.6 Å². The molecule has 1 rings (SSSR count). The minimum absolute atomic E-state index is 0.461. The topological polar surface area (TPSA) is 0 Å². The van der Waals surface area contributed by atoms with E-state index in [1.807, 2.05) is 0 Å². The van der Waals surface area contributed by atoms with E-state index in [9.17, 15) is 0 Å². The van der Waals surface area contributed by atoms with Gasteiger partial charge in [-0.25, -0.2) is 0 Å². The lowest BCUT2D eigenvalue weighted by Gasteiger charge is -2.37. The Kier molecular flexibility index (Phi) is 2.46. The normalized spacial score (nSPS) is 32.5. The second kappa shape index (κ2) is 3.08. The Labute approximate surface area is 76.4 Å². The van der Waals surface area contributed by atoms with E-state index in [2.05, 4.69) is 40.3 Å². The summed E-state index contributed by atoms with van der Waals surface area (Å²) in [5.41, 5.74) is 3.29. The fraction of sp³-hybridized carbons (Fsp3) is 0.667. The van der Waals surface area contributed by atoms with Crippen LogP contribution in [-0.4, -0.2) is 0 Å². The van der Waals surface area contributed by atoms with Crippen molar-refractivity contribution in [2.45, 2.75) is 40.5 Å². The van der Waals surface area contributed by atoms with Crippen molar-refractivity contribution >= 4 is 0 Å². The van der Waals surface area contributed by atoms with Gasteiger partial charge in [-0.05, 0) is 36.7 Å². The summed E-state index contributed by atoms with van der Waals surface area (Å²) in [4.78, 5) is 0. The molecule has 0 saturated heterocycles. The van der Waals surface area contributed by atoms with Gasteiger partial charge in [0.1, 0.15) is 0 Å². The van der Waals surface area contributed by atoms with Gasteiger partial charge in [0, 0.05) is 0 Å². The molecule has 0 heteroatoms. The molecule has 1 aliphatic carbocycles. The summed E-state index contributed by atoms with van der Waals surface area (Å²) in [7, 11) is 0. The zero-order valence-electron chi connectivity index (χ0n) is 8.78. The lowest BCUT2D eigenvalue weighted by atomic mass is 9.68. The monoisotopic (exact) mass is 164 g/mol. The summed E-state index contributed by atoms with van der Waals surface area (Å²) in [6.07, 6.45) is 4.69. The minimum Gasteiger partial charge on any atom is -0.0955 e. The average molecular weight is 164 g/mol. The SMILES string of the molecule is C=C1CC(C)(C)CC(C)/C1=C/C. The van der Waals surface area contributed by atoms with Crippen LogP contribution in [0.3, 0.4) is 0 Å². The van der Waals surface area contributed by atoms with Gasteiger partial charge >= 0.3 is 0 Å². The largest absolute Gasteiger partial charge is 0.0955 e. The van der Waals surface area contributed by atoms with E-state index < -0.39 is 0 Å². The number of allylic oxidation sites excluding steroid dienone is 3. The molecule has 0 aromatic rings. The van der Waals surface area contributed by atoms with Gasteiger partial charge in [-0.1, -0.05) is 39.0 Å². The molecule has 1 unspecified atom stereocenters. The molecule has 0 aromatic heterocycles. The molecule has 0 bridgehead atoms. The van der Waals surface area contributed by atoms with E-state index in [0.717, 1.165) is 6.42 Å². The molecule has 0 spiro atoms. The van der Waals surface area contributed by atoms with E-state index in [4.69, 9.17) is 0 Å². The van der Waals surface area contributed by atoms with Crippen molar-refractivity contribution in [1.29, 1.82) is 0 Å². The molecule has 1 saturated carbocycles. The van der Waals surface area contributed by atoms with Gasteiger partial charge < -0.3 is 0 Å². The fourth-order valence-electron chi connectivity index (χ4n) is 2.53. The van der Waals surface area contributed by atoms with Gasteiger partial charge in [0.2, 0.25) is 0 Å². The highest BCUT2D eigenvalue weighted by Crippen LogP contribution is 2.43. The van der Waals surface area contributed by atoms with E-state index in [0.29, 0.717) is 11.3 Å². The van der Waals surface area contributed by atoms with Crippen LogP contribution in [0.1, 0.15) is 40.5 Å². The number of hydrogen-bond donors (Lipinski definition) is 0. The van der Waals surface area contributed by atoms with Crippen molar-refractivity contribution in [3.05, 3.63) is 23.8 Å². The molecule has 1 aliphatic rings. The predicted octanol–water partition coefficient (Wildman–Crippen LogP) is 3.95. The van der Waals surface area contributed by atoms with Gasteiger partial charge in [0.15, 0.2) is 0 Å². The molecule has 0 aromatic carbocycles. The standard InChI is InChI=1S/C12H20/c1-6-11-9(2)7-12(4,5)8-10(11)3/h6,10H,2,7-8H2,1,3-5H3/b11-6+. The number of hydrogen-bond acceptors (Lipinski definition) is 0. The molecular weight excluding hydrogens is 144 g/mol. The Bertz CT molecular complexity index is 218. The summed E-state index contributed by atoms with van der Waals surface area (Å²) in [6, 6.07) is 0. The van der Waals surface area contributed by atoms with Crippen LogP contribution in [-0.2, 0) is 0 Å². The molecule has 0 N–H and O–H groups in total. The molecule has 1 fully saturated rings. The van der Waals surface area contributed by atoms with Crippen molar-refractivity contribution < 1.29 is 0 Å². The smallest absolute Gasteiger partial charge is 0.0186 e. The average Bonchev–Trinajstić information content (AvgIpc) is 1.82. The predicted molar refractivity (Wildman–Crippen MR) is 55.1 cm³/mol. The fourth-order valence-corrected chi connectivity index (χ4v) is 2.53. The molecule has 0 nitrogen and oxygen atoms in total. The Morgan fingerprint density at radius 1 is 1.50 bits per heavy atom. The highest BCUT2D eigenvalue weighted by molar-refractivity contribution is 5.33. The number of rotatable bonds is 0. The highest BCUT2D eigenvalue weighted by Gasteiger charge is 2.30. The molecule has 0 heterocycles. The third-order valence-electron chi connectivity index (χ3n) is 2.80. The first-order valence-corrected chi connectivity index (χ1v) is 4.80. The lowest BCUT2D eigenvalue weighted by molar-refractivity contribution is 0.269. The van der Waals surface area contributed by atoms with Crippen LogP contribution in [0, 0.1) is 11.3 Å². The maximum absolute atomic E-state index is 4.14. The Hall–Kier alpha value is -0.520. The quantitative estimate of drug-likeness (QED) is 0.508. The van der Waals surface area contributed by atoms with Crippen LogP contribution in [0.2, 0.25) is 0 Å². The lowest BCUT2D eigenvalue weighted by Crippen LogP contribution is -2.24. The van der Waals surface area contributed by atoms with Crippen molar-refractivity contribution in [3.8, 4) is 0 Å². The first-order valence-electron chi connectivity index (χ1n) is 4.80. The van der Waals surface area contributed by atoms with E-state index in [-0.39, 0.29) is 0 Å². The summed E-state index contributed by atoms with van der Waals surface area (Å²) < 4.78 is 0. The van der Waals surface area contributed by atoms with Crippen LogP contribution in [0.4, 0.5) is 0 Å². The van der Waals surface area contributed by atoms with Crippen molar-refractivity contribution in [2.75, 3.05) is 0 Å². The molecule has 1 atom stereocenters. The molecule has 0 radical (unpaired) electrons. The summed E-state index contributed by atoms with van der Waals surface area (Å²) >= 11 is 0. The van der Waals surface area contributed by atoms with Crippen LogP contribution in [0.5, 0.6) is 0 Å². The third-order valence-corrected chi connectivity index (χ3v) is 2.80. The maximum Gasteiger partial charge on any atom is -0.0186 e.